The molecular weight excluding hydrogens is 322 g/mol. The van der Waals surface area contributed by atoms with Crippen LogP contribution >= 0.6 is 0 Å². The van der Waals surface area contributed by atoms with Crippen LogP contribution in [0.3, 0.4) is 0 Å². The van der Waals surface area contributed by atoms with Crippen molar-refractivity contribution in [1.29, 1.82) is 0 Å². The Kier molecular flexibility index (Phi) is 4.65. The van der Waals surface area contributed by atoms with Crippen LogP contribution in [-0.2, 0) is 16.4 Å². The van der Waals surface area contributed by atoms with E-state index in [1.54, 1.807) is 26.2 Å². The van der Waals surface area contributed by atoms with Crippen molar-refractivity contribution in [2.45, 2.75) is 44.0 Å². The molecule has 0 radical (unpaired) electrons. The van der Waals surface area contributed by atoms with E-state index in [1.807, 2.05) is 25.1 Å². The SMILES string of the molecule is COc1cc(C)c(S(=O)(=O)N[C@H]2CCCc3ccccc32)cc1C. The standard InChI is InChI=1S/C19H23NO3S/c1-13-12-19(14(2)11-18(13)23-3)24(21,22)20-17-10-6-8-15-7-4-5-9-16(15)17/h4-5,7,9,11-12,17,20H,6,8,10H2,1-3H3/t17-/m0/s1. The first-order valence-electron chi connectivity index (χ1n) is 8.18. The number of nitrogens with one attached hydrogen (secondary N) is 1. The fraction of sp³-hybridized carbons (Fsp3) is 0.368. The summed E-state index contributed by atoms with van der Waals surface area (Å²) >= 11 is 0. The van der Waals surface area contributed by atoms with Gasteiger partial charge in [0.1, 0.15) is 5.75 Å². The average Bonchev–Trinajstić information content (AvgIpc) is 2.56. The Bertz CT molecular complexity index is 859. The summed E-state index contributed by atoms with van der Waals surface area (Å²) in [5.41, 5.74) is 3.83. The molecule has 0 fully saturated rings. The van der Waals surface area contributed by atoms with Gasteiger partial charge in [0.15, 0.2) is 0 Å². The van der Waals surface area contributed by atoms with E-state index in [9.17, 15) is 8.42 Å². The predicted octanol–water partition coefficient (Wildman–Crippen LogP) is 3.67. The van der Waals surface area contributed by atoms with Gasteiger partial charge in [0, 0.05) is 6.04 Å². The molecule has 5 heteroatoms. The first kappa shape index (κ1) is 17.0. The van der Waals surface area contributed by atoms with E-state index >= 15 is 0 Å². The lowest BCUT2D eigenvalue weighted by Crippen LogP contribution is -2.31. The van der Waals surface area contributed by atoms with Crippen LogP contribution in [0.15, 0.2) is 41.3 Å². The van der Waals surface area contributed by atoms with E-state index in [1.165, 1.54) is 5.56 Å². The number of hydrogen-bond donors (Lipinski definition) is 1. The minimum Gasteiger partial charge on any atom is -0.496 e. The van der Waals surface area contributed by atoms with Crippen molar-refractivity contribution in [3.63, 3.8) is 0 Å². The smallest absolute Gasteiger partial charge is 0.241 e. The number of methoxy groups -OCH3 is 1. The summed E-state index contributed by atoms with van der Waals surface area (Å²) in [5, 5.41) is 0. The Balaban J connectivity index is 1.95. The van der Waals surface area contributed by atoms with Crippen molar-refractivity contribution in [2.75, 3.05) is 7.11 Å². The Morgan fingerprint density at radius 1 is 1.12 bits per heavy atom. The summed E-state index contributed by atoms with van der Waals surface area (Å²) in [6.07, 6.45) is 2.82. The highest BCUT2D eigenvalue weighted by molar-refractivity contribution is 7.89. The molecule has 0 aromatic heterocycles. The van der Waals surface area contributed by atoms with E-state index in [4.69, 9.17) is 4.74 Å². The molecule has 1 N–H and O–H groups in total. The summed E-state index contributed by atoms with van der Waals surface area (Å²) in [6, 6.07) is 11.4. The molecule has 1 aliphatic rings. The first-order chi connectivity index (χ1) is 11.4. The number of rotatable bonds is 4. The molecule has 4 nitrogen and oxygen atoms in total. The topological polar surface area (TPSA) is 55.4 Å². The lowest BCUT2D eigenvalue weighted by molar-refractivity contribution is 0.411. The minimum atomic E-state index is -3.59. The first-order valence-corrected chi connectivity index (χ1v) is 9.66. The third kappa shape index (κ3) is 3.19. The van der Waals surface area contributed by atoms with Gasteiger partial charge in [-0.25, -0.2) is 13.1 Å². The maximum absolute atomic E-state index is 12.9. The third-order valence-electron chi connectivity index (χ3n) is 4.65. The van der Waals surface area contributed by atoms with Crippen molar-refractivity contribution in [1.82, 2.24) is 4.72 Å². The zero-order valence-electron chi connectivity index (χ0n) is 14.3. The lowest BCUT2D eigenvalue weighted by atomic mass is 9.88. The van der Waals surface area contributed by atoms with Gasteiger partial charge in [0.05, 0.1) is 12.0 Å². The monoisotopic (exact) mass is 345 g/mol. The number of ether oxygens (including phenoxy) is 1. The van der Waals surface area contributed by atoms with Gasteiger partial charge in [0.25, 0.3) is 0 Å². The molecule has 0 unspecified atom stereocenters. The van der Waals surface area contributed by atoms with E-state index in [2.05, 4.69) is 10.8 Å². The Labute approximate surface area is 143 Å². The van der Waals surface area contributed by atoms with Crippen molar-refractivity contribution in [2.24, 2.45) is 0 Å². The van der Waals surface area contributed by atoms with Crippen molar-refractivity contribution < 1.29 is 13.2 Å². The molecule has 0 bridgehead atoms. The highest BCUT2D eigenvalue weighted by atomic mass is 32.2. The highest BCUT2D eigenvalue weighted by Crippen LogP contribution is 2.32. The van der Waals surface area contributed by atoms with Crippen LogP contribution in [0.4, 0.5) is 0 Å². The molecular formula is C19H23NO3S. The average molecular weight is 345 g/mol. The molecule has 0 spiro atoms. The molecule has 1 aliphatic carbocycles. The van der Waals surface area contributed by atoms with Gasteiger partial charge in [-0.15, -0.1) is 0 Å². The van der Waals surface area contributed by atoms with Crippen molar-refractivity contribution >= 4 is 10.0 Å². The van der Waals surface area contributed by atoms with Crippen LogP contribution in [0.25, 0.3) is 0 Å². The maximum Gasteiger partial charge on any atom is 0.241 e. The highest BCUT2D eigenvalue weighted by Gasteiger charge is 2.27. The van der Waals surface area contributed by atoms with E-state index in [0.29, 0.717) is 16.2 Å². The molecule has 0 heterocycles. The second-order valence-corrected chi connectivity index (χ2v) is 8.03. The largest absolute Gasteiger partial charge is 0.496 e. The number of aryl methyl sites for hydroxylation is 3. The summed E-state index contributed by atoms with van der Waals surface area (Å²) in [6.45, 7) is 3.65. The fourth-order valence-electron chi connectivity index (χ4n) is 3.40. The minimum absolute atomic E-state index is 0.165. The van der Waals surface area contributed by atoms with Gasteiger partial charge < -0.3 is 4.74 Å². The molecule has 0 amide bonds. The lowest BCUT2D eigenvalue weighted by Gasteiger charge is -2.26. The normalized spacial score (nSPS) is 17.4. The second kappa shape index (κ2) is 6.57. The van der Waals surface area contributed by atoms with Crippen molar-refractivity contribution in [3.8, 4) is 5.75 Å². The summed E-state index contributed by atoms with van der Waals surface area (Å²) in [7, 11) is -2.00. The summed E-state index contributed by atoms with van der Waals surface area (Å²) < 4.78 is 34.0. The summed E-state index contributed by atoms with van der Waals surface area (Å²) in [5.74, 6) is 0.703. The number of fused-ring (bicyclic) bond motifs is 1. The van der Waals surface area contributed by atoms with Crippen LogP contribution in [0.5, 0.6) is 5.75 Å². The zero-order chi connectivity index (χ0) is 17.3. The Morgan fingerprint density at radius 3 is 2.62 bits per heavy atom. The molecule has 0 saturated heterocycles. The van der Waals surface area contributed by atoms with Gasteiger partial charge in [-0.1, -0.05) is 24.3 Å². The van der Waals surface area contributed by atoms with Gasteiger partial charge in [-0.05, 0) is 67.5 Å². The number of hydrogen-bond acceptors (Lipinski definition) is 3. The Morgan fingerprint density at radius 2 is 1.88 bits per heavy atom. The van der Waals surface area contributed by atoms with Crippen LogP contribution in [0.1, 0.15) is 41.1 Å². The molecule has 0 aliphatic heterocycles. The van der Waals surface area contributed by atoms with E-state index in [-0.39, 0.29) is 6.04 Å². The second-order valence-electron chi connectivity index (χ2n) is 6.35. The molecule has 1 atom stereocenters. The van der Waals surface area contributed by atoms with Gasteiger partial charge in [0.2, 0.25) is 10.0 Å². The van der Waals surface area contributed by atoms with Crippen LogP contribution < -0.4 is 9.46 Å². The fourth-order valence-corrected chi connectivity index (χ4v) is 4.96. The van der Waals surface area contributed by atoms with Crippen LogP contribution in [-0.4, -0.2) is 15.5 Å². The summed E-state index contributed by atoms with van der Waals surface area (Å²) in [4.78, 5) is 0.323. The predicted molar refractivity (Wildman–Crippen MR) is 94.9 cm³/mol. The zero-order valence-corrected chi connectivity index (χ0v) is 15.1. The number of sulfonamides is 1. The molecule has 3 rings (SSSR count). The maximum atomic E-state index is 12.9. The third-order valence-corrected chi connectivity index (χ3v) is 6.26. The van der Waals surface area contributed by atoms with Crippen LogP contribution in [0, 0.1) is 13.8 Å². The van der Waals surface area contributed by atoms with Crippen molar-refractivity contribution in [3.05, 3.63) is 58.7 Å². The molecule has 24 heavy (non-hydrogen) atoms. The quantitative estimate of drug-likeness (QED) is 0.920. The molecule has 2 aromatic carbocycles. The van der Waals surface area contributed by atoms with E-state index < -0.39 is 10.0 Å². The number of benzene rings is 2. The molecule has 128 valence electrons. The Hall–Kier alpha value is -1.85. The van der Waals surface area contributed by atoms with Gasteiger partial charge in [-0.3, -0.25) is 0 Å². The van der Waals surface area contributed by atoms with Crippen LogP contribution in [0.2, 0.25) is 0 Å². The molecule has 0 saturated carbocycles. The molecule has 2 aromatic rings. The van der Waals surface area contributed by atoms with Gasteiger partial charge >= 0.3 is 0 Å². The van der Waals surface area contributed by atoms with Gasteiger partial charge in [-0.2, -0.15) is 0 Å². The van der Waals surface area contributed by atoms with E-state index in [0.717, 1.165) is 30.4 Å².